The predicted octanol–water partition coefficient (Wildman–Crippen LogP) is 2.39. The van der Waals surface area contributed by atoms with E-state index in [-0.39, 0.29) is 0 Å². The van der Waals surface area contributed by atoms with Gasteiger partial charge in [0.25, 0.3) is 0 Å². The zero-order valence-corrected chi connectivity index (χ0v) is 11.1. The van der Waals surface area contributed by atoms with Gasteiger partial charge < -0.3 is 9.84 Å². The molecule has 0 aliphatic rings. The fourth-order valence-corrected chi connectivity index (χ4v) is 1.78. The van der Waals surface area contributed by atoms with Gasteiger partial charge in [0.05, 0.1) is 6.54 Å². The zero-order chi connectivity index (χ0) is 12.1. The van der Waals surface area contributed by atoms with Crippen LogP contribution < -0.4 is 5.32 Å². The Morgan fingerprint density at radius 2 is 2.35 bits per heavy atom. The van der Waals surface area contributed by atoms with Gasteiger partial charge in [-0.1, -0.05) is 12.1 Å². The molecule has 1 N–H and O–H groups in total. The molecule has 17 heavy (non-hydrogen) atoms. The fourth-order valence-electron chi connectivity index (χ4n) is 1.35. The Hall–Kier alpha value is -1.27. The molecular formula is C11H13BrN4O. The molecule has 6 heteroatoms. The number of nitrogens with zero attached hydrogens (tertiary/aromatic N) is 3. The van der Waals surface area contributed by atoms with Crippen LogP contribution in [0, 0.1) is 0 Å². The lowest BCUT2D eigenvalue weighted by atomic mass is 10.3. The molecule has 0 saturated carbocycles. The van der Waals surface area contributed by atoms with Gasteiger partial charge >= 0.3 is 0 Å². The molecule has 90 valence electrons. The summed E-state index contributed by atoms with van der Waals surface area (Å²) in [4.78, 5) is 8.49. The van der Waals surface area contributed by atoms with Crippen LogP contribution in [0.1, 0.15) is 19.2 Å². The van der Waals surface area contributed by atoms with Gasteiger partial charge in [-0.25, -0.2) is 0 Å². The number of nitrogens with one attached hydrogen (secondary N) is 1. The lowest BCUT2D eigenvalue weighted by Gasteiger charge is -1.96. The third-order valence-electron chi connectivity index (χ3n) is 2.14. The molecule has 2 rings (SSSR count). The van der Waals surface area contributed by atoms with Crippen molar-refractivity contribution in [3.05, 3.63) is 28.7 Å². The van der Waals surface area contributed by atoms with E-state index in [4.69, 9.17) is 4.52 Å². The quantitative estimate of drug-likeness (QED) is 0.859. The minimum atomic E-state index is 0.505. The molecule has 0 unspecified atom stereocenters. The van der Waals surface area contributed by atoms with Crippen LogP contribution in [0.25, 0.3) is 11.5 Å². The summed E-state index contributed by atoms with van der Waals surface area (Å²) in [7, 11) is 0. The summed E-state index contributed by atoms with van der Waals surface area (Å²) in [6.45, 7) is 3.63. The first kappa shape index (κ1) is 12.2. The van der Waals surface area contributed by atoms with Gasteiger partial charge in [0.1, 0.15) is 5.69 Å². The van der Waals surface area contributed by atoms with Gasteiger partial charge in [-0.05, 0) is 41.0 Å². The second kappa shape index (κ2) is 5.88. The van der Waals surface area contributed by atoms with E-state index in [1.54, 1.807) is 6.20 Å². The molecule has 2 aromatic heterocycles. The standard InChI is InChI=1S/C11H13BrN4O/c1-2-5-13-7-9-15-11(16-17-9)10-8(12)4-3-6-14-10/h3-4,6,13H,2,5,7H2,1H3. The van der Waals surface area contributed by atoms with Crippen LogP contribution in [0.2, 0.25) is 0 Å². The molecule has 0 bridgehead atoms. The average Bonchev–Trinajstić information content (AvgIpc) is 2.79. The summed E-state index contributed by atoms with van der Waals surface area (Å²) >= 11 is 3.41. The first-order chi connectivity index (χ1) is 8.31. The van der Waals surface area contributed by atoms with Crippen molar-refractivity contribution in [3.8, 4) is 11.5 Å². The Morgan fingerprint density at radius 1 is 1.47 bits per heavy atom. The van der Waals surface area contributed by atoms with Crippen LogP contribution in [0.4, 0.5) is 0 Å². The van der Waals surface area contributed by atoms with Crippen molar-refractivity contribution < 1.29 is 4.52 Å². The highest BCUT2D eigenvalue weighted by atomic mass is 79.9. The van der Waals surface area contributed by atoms with Crippen molar-refractivity contribution in [2.45, 2.75) is 19.9 Å². The number of hydrogen-bond donors (Lipinski definition) is 1. The third kappa shape index (κ3) is 3.10. The Labute approximate surface area is 108 Å². The van der Waals surface area contributed by atoms with E-state index in [0.29, 0.717) is 24.0 Å². The second-order valence-corrected chi connectivity index (χ2v) is 4.38. The summed E-state index contributed by atoms with van der Waals surface area (Å²) in [6, 6.07) is 3.74. The molecular weight excluding hydrogens is 284 g/mol. The topological polar surface area (TPSA) is 63.8 Å². The van der Waals surface area contributed by atoms with Crippen molar-refractivity contribution in [1.82, 2.24) is 20.4 Å². The molecule has 0 aromatic carbocycles. The first-order valence-corrected chi connectivity index (χ1v) is 6.24. The molecule has 5 nitrogen and oxygen atoms in total. The van der Waals surface area contributed by atoms with Crippen LogP contribution in [0.3, 0.4) is 0 Å². The van der Waals surface area contributed by atoms with E-state index in [1.165, 1.54) is 0 Å². The van der Waals surface area contributed by atoms with Crippen molar-refractivity contribution in [1.29, 1.82) is 0 Å². The largest absolute Gasteiger partial charge is 0.337 e. The highest BCUT2D eigenvalue weighted by Gasteiger charge is 2.11. The van der Waals surface area contributed by atoms with Gasteiger partial charge in [0.15, 0.2) is 0 Å². The van der Waals surface area contributed by atoms with Gasteiger partial charge in [-0.2, -0.15) is 4.98 Å². The van der Waals surface area contributed by atoms with Crippen molar-refractivity contribution in [3.63, 3.8) is 0 Å². The second-order valence-electron chi connectivity index (χ2n) is 3.52. The van der Waals surface area contributed by atoms with Gasteiger partial charge in [0.2, 0.25) is 11.7 Å². The Balaban J connectivity index is 2.10. The summed E-state index contributed by atoms with van der Waals surface area (Å²) in [5.41, 5.74) is 0.693. The molecule has 0 amide bonds. The highest BCUT2D eigenvalue weighted by molar-refractivity contribution is 9.10. The SMILES string of the molecule is CCCNCc1nc(-c2ncccc2Br)no1. The van der Waals surface area contributed by atoms with Crippen LogP contribution in [-0.2, 0) is 6.54 Å². The molecule has 0 aliphatic heterocycles. The van der Waals surface area contributed by atoms with E-state index in [9.17, 15) is 0 Å². The number of pyridine rings is 1. The minimum Gasteiger partial charge on any atom is -0.337 e. The number of hydrogen-bond acceptors (Lipinski definition) is 5. The van der Waals surface area contributed by atoms with Crippen molar-refractivity contribution in [2.75, 3.05) is 6.54 Å². The Kier molecular flexibility index (Phi) is 4.22. The monoisotopic (exact) mass is 296 g/mol. The molecule has 0 radical (unpaired) electrons. The molecule has 2 aromatic rings. The molecule has 0 spiro atoms. The normalized spacial score (nSPS) is 10.7. The summed E-state index contributed by atoms with van der Waals surface area (Å²) < 4.78 is 5.99. The van der Waals surface area contributed by atoms with E-state index in [2.05, 4.69) is 43.3 Å². The third-order valence-corrected chi connectivity index (χ3v) is 2.78. The van der Waals surface area contributed by atoms with E-state index < -0.39 is 0 Å². The van der Waals surface area contributed by atoms with E-state index in [0.717, 1.165) is 17.4 Å². The maximum absolute atomic E-state index is 5.14. The molecule has 0 atom stereocenters. The Morgan fingerprint density at radius 3 is 3.12 bits per heavy atom. The van der Waals surface area contributed by atoms with Crippen LogP contribution in [-0.4, -0.2) is 21.7 Å². The lowest BCUT2D eigenvalue weighted by Crippen LogP contribution is -2.13. The van der Waals surface area contributed by atoms with Crippen LogP contribution in [0.5, 0.6) is 0 Å². The molecule has 0 saturated heterocycles. The van der Waals surface area contributed by atoms with Crippen molar-refractivity contribution in [2.24, 2.45) is 0 Å². The van der Waals surface area contributed by atoms with Crippen LogP contribution in [0.15, 0.2) is 27.3 Å². The van der Waals surface area contributed by atoms with Gasteiger partial charge in [0, 0.05) is 10.7 Å². The van der Waals surface area contributed by atoms with Crippen molar-refractivity contribution >= 4 is 15.9 Å². The number of halogens is 1. The summed E-state index contributed by atoms with van der Waals surface area (Å²) in [5.74, 6) is 1.08. The molecule has 0 fully saturated rings. The van der Waals surface area contributed by atoms with E-state index in [1.807, 2.05) is 12.1 Å². The average molecular weight is 297 g/mol. The summed E-state index contributed by atoms with van der Waals surface area (Å²) in [5, 5.41) is 7.11. The maximum Gasteiger partial charge on any atom is 0.240 e. The Bertz CT molecular complexity index is 486. The minimum absolute atomic E-state index is 0.505. The van der Waals surface area contributed by atoms with Gasteiger partial charge in [-0.3, -0.25) is 4.98 Å². The van der Waals surface area contributed by atoms with Gasteiger partial charge in [-0.15, -0.1) is 0 Å². The van der Waals surface area contributed by atoms with E-state index >= 15 is 0 Å². The smallest absolute Gasteiger partial charge is 0.240 e. The summed E-state index contributed by atoms with van der Waals surface area (Å²) in [6.07, 6.45) is 2.78. The maximum atomic E-state index is 5.14. The molecule has 2 heterocycles. The zero-order valence-electron chi connectivity index (χ0n) is 9.48. The van der Waals surface area contributed by atoms with Crippen LogP contribution >= 0.6 is 15.9 Å². The fraction of sp³-hybridized carbons (Fsp3) is 0.364. The molecule has 0 aliphatic carbocycles. The lowest BCUT2D eigenvalue weighted by molar-refractivity contribution is 0.368. The highest BCUT2D eigenvalue weighted by Crippen LogP contribution is 2.22. The first-order valence-electron chi connectivity index (χ1n) is 5.45. The predicted molar refractivity (Wildman–Crippen MR) is 67.2 cm³/mol. The number of aromatic nitrogens is 3. The number of rotatable bonds is 5.